The van der Waals surface area contributed by atoms with Gasteiger partial charge >= 0.3 is 6.18 Å². The number of nitrogens with one attached hydrogen (secondary N) is 2. The molecule has 3 aromatic rings. The molecule has 1 saturated carbocycles. The Morgan fingerprint density at radius 1 is 1.21 bits per heavy atom. The lowest BCUT2D eigenvalue weighted by molar-refractivity contribution is -0.153. The summed E-state index contributed by atoms with van der Waals surface area (Å²) in [4.78, 5) is 9.35. The average Bonchev–Trinajstić information content (AvgIpc) is 3.31. The van der Waals surface area contributed by atoms with Crippen molar-refractivity contribution in [2.24, 2.45) is 0 Å². The molecule has 7 nitrogen and oxygen atoms in total. The van der Waals surface area contributed by atoms with Gasteiger partial charge in [0.05, 0.1) is 11.1 Å². The molecule has 2 atom stereocenters. The average molecular weight is 478 g/mol. The van der Waals surface area contributed by atoms with Crippen molar-refractivity contribution in [2.45, 2.75) is 77.1 Å². The number of hydrogen-bond acceptors (Lipinski definition) is 6. The maximum atomic E-state index is 12.7. The van der Waals surface area contributed by atoms with E-state index in [1.165, 1.54) is 0 Å². The van der Waals surface area contributed by atoms with Crippen LogP contribution in [0, 0.1) is 6.92 Å². The fourth-order valence-electron chi connectivity index (χ4n) is 4.37. The Bertz CT molecular complexity index is 1200. The van der Waals surface area contributed by atoms with Crippen molar-refractivity contribution in [3.63, 3.8) is 0 Å². The number of aromatic amines is 1. The highest BCUT2D eigenvalue weighted by atomic mass is 19.4. The van der Waals surface area contributed by atoms with Crippen LogP contribution in [-0.4, -0.2) is 49.7 Å². The monoisotopic (exact) mass is 477 g/mol. The molecule has 0 bridgehead atoms. The summed E-state index contributed by atoms with van der Waals surface area (Å²) in [6.07, 6.45) is -2.24. The lowest BCUT2D eigenvalue weighted by atomic mass is 9.84. The number of aliphatic hydroxyl groups is 1. The number of fused-ring (bicyclic) bond motifs is 1. The molecule has 2 heterocycles. The van der Waals surface area contributed by atoms with Gasteiger partial charge in [-0.15, -0.1) is 5.10 Å². The third-order valence-electron chi connectivity index (χ3n) is 6.08. The first-order chi connectivity index (χ1) is 15.7. The standard InChI is InChI=1S/C24H30F3N5O2/c1-13-8-18(20-30-21(32-31-20)28-14-6-7-23(5,33)11-14)29-19-16(13)9-15(34-12-24(25,26)27)10-17(19)22(2,3)4/h8-10,14,33H,6-7,11-12H2,1-5H3,(H2,28,30,31,32)/t14-,23-/m0/s1. The van der Waals surface area contributed by atoms with Crippen molar-refractivity contribution in [1.82, 2.24) is 20.2 Å². The Hall–Kier alpha value is -2.88. The molecule has 4 rings (SSSR count). The topological polar surface area (TPSA) is 96.0 Å². The van der Waals surface area contributed by atoms with Crippen molar-refractivity contribution in [1.29, 1.82) is 0 Å². The van der Waals surface area contributed by atoms with Crippen LogP contribution in [0.15, 0.2) is 18.2 Å². The minimum atomic E-state index is -4.42. The van der Waals surface area contributed by atoms with Gasteiger partial charge in [0.2, 0.25) is 5.95 Å². The minimum Gasteiger partial charge on any atom is -0.484 e. The highest BCUT2D eigenvalue weighted by molar-refractivity contribution is 5.89. The quantitative estimate of drug-likeness (QED) is 0.463. The molecule has 3 N–H and O–H groups in total. The zero-order valence-corrected chi connectivity index (χ0v) is 20.0. The van der Waals surface area contributed by atoms with Crippen LogP contribution >= 0.6 is 0 Å². The summed E-state index contributed by atoms with van der Waals surface area (Å²) in [5.74, 6) is 1.07. The zero-order valence-electron chi connectivity index (χ0n) is 20.0. The molecule has 0 amide bonds. The summed E-state index contributed by atoms with van der Waals surface area (Å²) in [6, 6.07) is 5.14. The Morgan fingerprint density at radius 2 is 1.94 bits per heavy atom. The molecular formula is C24H30F3N5O2. The number of anilines is 1. The van der Waals surface area contributed by atoms with E-state index in [1.807, 2.05) is 40.7 Å². The molecule has 1 aliphatic rings. The maximum Gasteiger partial charge on any atom is 0.422 e. The van der Waals surface area contributed by atoms with Crippen LogP contribution in [-0.2, 0) is 5.41 Å². The molecule has 0 spiro atoms. The van der Waals surface area contributed by atoms with E-state index in [0.29, 0.717) is 29.4 Å². The molecule has 0 aliphatic heterocycles. The molecule has 0 saturated heterocycles. The highest BCUT2D eigenvalue weighted by Gasteiger charge is 2.33. The second kappa shape index (κ2) is 8.41. The van der Waals surface area contributed by atoms with Gasteiger partial charge in [0.15, 0.2) is 12.4 Å². The van der Waals surface area contributed by atoms with Crippen molar-refractivity contribution in [3.8, 4) is 17.3 Å². The fraction of sp³-hybridized carbons (Fsp3) is 0.542. The molecular weight excluding hydrogens is 447 g/mol. The van der Waals surface area contributed by atoms with E-state index >= 15 is 0 Å². The van der Waals surface area contributed by atoms with Crippen LogP contribution in [0.3, 0.4) is 0 Å². The molecule has 1 fully saturated rings. The summed E-state index contributed by atoms with van der Waals surface area (Å²) < 4.78 is 43.2. The van der Waals surface area contributed by atoms with Crippen molar-refractivity contribution in [2.75, 3.05) is 11.9 Å². The van der Waals surface area contributed by atoms with Crippen LogP contribution in [0.5, 0.6) is 5.75 Å². The number of benzene rings is 1. The number of ether oxygens (including phenoxy) is 1. The summed E-state index contributed by atoms with van der Waals surface area (Å²) in [7, 11) is 0. The number of hydrogen-bond donors (Lipinski definition) is 3. The van der Waals surface area contributed by atoms with Gasteiger partial charge < -0.3 is 15.2 Å². The van der Waals surface area contributed by atoms with Gasteiger partial charge in [-0.1, -0.05) is 20.8 Å². The van der Waals surface area contributed by atoms with Gasteiger partial charge in [0.25, 0.3) is 0 Å². The third kappa shape index (κ3) is 5.43. The number of rotatable bonds is 5. The first kappa shape index (κ1) is 24.3. The van der Waals surface area contributed by atoms with Crippen LogP contribution in [0.1, 0.15) is 58.1 Å². The predicted molar refractivity (Wildman–Crippen MR) is 124 cm³/mol. The normalized spacial score (nSPS) is 21.3. The fourth-order valence-corrected chi connectivity index (χ4v) is 4.37. The summed E-state index contributed by atoms with van der Waals surface area (Å²) >= 11 is 0. The smallest absolute Gasteiger partial charge is 0.422 e. The van der Waals surface area contributed by atoms with Gasteiger partial charge in [0.1, 0.15) is 11.4 Å². The molecule has 0 unspecified atom stereocenters. The number of aryl methyl sites for hydroxylation is 1. The molecule has 1 aliphatic carbocycles. The van der Waals surface area contributed by atoms with E-state index in [-0.39, 0.29) is 17.2 Å². The van der Waals surface area contributed by atoms with Crippen LogP contribution in [0.25, 0.3) is 22.4 Å². The van der Waals surface area contributed by atoms with Gasteiger partial charge in [-0.2, -0.15) is 18.2 Å². The highest BCUT2D eigenvalue weighted by Crippen LogP contribution is 2.36. The van der Waals surface area contributed by atoms with Gasteiger partial charge in [-0.3, -0.25) is 5.10 Å². The number of alkyl halides is 3. The molecule has 34 heavy (non-hydrogen) atoms. The Balaban J connectivity index is 1.68. The van der Waals surface area contributed by atoms with Crippen LogP contribution < -0.4 is 10.1 Å². The second-order valence-electron chi connectivity index (χ2n) is 10.4. The lowest BCUT2D eigenvalue weighted by Crippen LogP contribution is -2.23. The van der Waals surface area contributed by atoms with E-state index in [2.05, 4.69) is 20.5 Å². The number of pyridine rings is 1. The van der Waals surface area contributed by atoms with Crippen molar-refractivity contribution < 1.29 is 23.0 Å². The third-order valence-corrected chi connectivity index (χ3v) is 6.08. The largest absolute Gasteiger partial charge is 0.484 e. The number of halogens is 3. The SMILES string of the molecule is Cc1cc(-c2nc(N[C@H]3CC[C@](C)(O)C3)n[nH]2)nc2c(C(C)(C)C)cc(OCC(F)(F)F)cc12. The van der Waals surface area contributed by atoms with Gasteiger partial charge in [0, 0.05) is 11.4 Å². The van der Waals surface area contributed by atoms with Crippen molar-refractivity contribution >= 4 is 16.9 Å². The van der Waals surface area contributed by atoms with E-state index in [4.69, 9.17) is 9.72 Å². The minimum absolute atomic E-state index is 0.0903. The summed E-state index contributed by atoms with van der Waals surface area (Å²) in [6.45, 7) is 8.29. The molecule has 2 aromatic heterocycles. The summed E-state index contributed by atoms with van der Waals surface area (Å²) in [5, 5.41) is 21.3. The van der Waals surface area contributed by atoms with Crippen LogP contribution in [0.2, 0.25) is 0 Å². The Labute approximate surface area is 196 Å². The molecule has 184 valence electrons. The van der Waals surface area contributed by atoms with E-state index in [9.17, 15) is 18.3 Å². The number of H-pyrrole nitrogens is 1. The van der Waals surface area contributed by atoms with Crippen LogP contribution in [0.4, 0.5) is 19.1 Å². The molecule has 1 aromatic carbocycles. The zero-order chi connectivity index (χ0) is 24.9. The molecule has 10 heteroatoms. The number of nitrogens with zero attached hydrogens (tertiary/aromatic N) is 3. The Kier molecular flexibility index (Phi) is 6.00. The van der Waals surface area contributed by atoms with E-state index < -0.39 is 18.4 Å². The second-order valence-corrected chi connectivity index (χ2v) is 10.4. The van der Waals surface area contributed by atoms with Gasteiger partial charge in [-0.05, 0) is 67.9 Å². The first-order valence-electron chi connectivity index (χ1n) is 11.3. The number of aromatic nitrogens is 4. The maximum absolute atomic E-state index is 12.7. The lowest BCUT2D eigenvalue weighted by Gasteiger charge is -2.23. The summed E-state index contributed by atoms with van der Waals surface area (Å²) in [5.41, 5.74) is 1.80. The Morgan fingerprint density at radius 3 is 2.56 bits per heavy atom. The van der Waals surface area contributed by atoms with Crippen molar-refractivity contribution in [3.05, 3.63) is 29.3 Å². The van der Waals surface area contributed by atoms with E-state index in [1.54, 1.807) is 12.1 Å². The molecule has 0 radical (unpaired) electrons. The van der Waals surface area contributed by atoms with E-state index in [0.717, 1.165) is 29.4 Å². The first-order valence-corrected chi connectivity index (χ1v) is 11.3. The van der Waals surface area contributed by atoms with Gasteiger partial charge in [-0.25, -0.2) is 4.98 Å². The predicted octanol–water partition coefficient (Wildman–Crippen LogP) is 5.28.